The first kappa shape index (κ1) is 14.6. The number of rotatable bonds is 6. The summed E-state index contributed by atoms with van der Waals surface area (Å²) in [7, 11) is 1.68. The molecule has 3 heteroatoms. The summed E-state index contributed by atoms with van der Waals surface area (Å²) < 4.78 is 5.42. The normalized spacial score (nSPS) is 12.1. The van der Waals surface area contributed by atoms with Crippen molar-refractivity contribution in [2.45, 2.75) is 26.8 Å². The zero-order valence-corrected chi connectivity index (χ0v) is 11.9. The van der Waals surface area contributed by atoms with Gasteiger partial charge in [0.15, 0.2) is 0 Å². The van der Waals surface area contributed by atoms with Crippen LogP contribution in [-0.2, 0) is 0 Å². The van der Waals surface area contributed by atoms with Crippen LogP contribution >= 0.6 is 0 Å². The number of hydrogen-bond donors (Lipinski definition) is 1. The van der Waals surface area contributed by atoms with Crippen molar-refractivity contribution >= 4 is 5.69 Å². The molecule has 100 valence electrons. The average Bonchev–Trinajstić information content (AvgIpc) is 2.34. The smallest absolute Gasteiger partial charge is 0.125 e. The Morgan fingerprint density at radius 3 is 2.61 bits per heavy atom. The van der Waals surface area contributed by atoms with Gasteiger partial charge in [0.25, 0.3) is 0 Å². The van der Waals surface area contributed by atoms with Crippen molar-refractivity contribution in [3.63, 3.8) is 0 Å². The monoisotopic (exact) mass is 248 g/mol. The Morgan fingerprint density at radius 1 is 1.50 bits per heavy atom. The quantitative estimate of drug-likeness (QED) is 0.786. The second-order valence-electron chi connectivity index (χ2n) is 4.65. The Balaban J connectivity index is 3.24. The molecule has 0 saturated heterocycles. The molecule has 1 rings (SSSR count). The zero-order valence-electron chi connectivity index (χ0n) is 11.9. The van der Waals surface area contributed by atoms with Crippen molar-refractivity contribution in [3.05, 3.63) is 35.9 Å². The number of hydrogen-bond acceptors (Lipinski definition) is 3. The molecule has 18 heavy (non-hydrogen) atoms. The van der Waals surface area contributed by atoms with Crippen molar-refractivity contribution in [1.29, 1.82) is 0 Å². The van der Waals surface area contributed by atoms with Gasteiger partial charge in [-0.2, -0.15) is 0 Å². The van der Waals surface area contributed by atoms with E-state index in [4.69, 9.17) is 10.5 Å². The summed E-state index contributed by atoms with van der Waals surface area (Å²) >= 11 is 0. The molecule has 0 aliphatic heterocycles. The lowest BCUT2D eigenvalue weighted by atomic mass is 10.0. The summed E-state index contributed by atoms with van der Waals surface area (Å²) in [5, 5.41) is 0. The molecular formula is C15H24N2O. The zero-order chi connectivity index (χ0) is 13.7. The number of methoxy groups -OCH3 is 1. The van der Waals surface area contributed by atoms with Gasteiger partial charge in [-0.05, 0) is 32.9 Å². The third-order valence-corrected chi connectivity index (χ3v) is 2.90. The molecule has 0 bridgehead atoms. The number of benzene rings is 1. The Morgan fingerprint density at radius 2 is 2.17 bits per heavy atom. The van der Waals surface area contributed by atoms with Crippen molar-refractivity contribution in [2.24, 2.45) is 5.73 Å². The van der Waals surface area contributed by atoms with Crippen LogP contribution < -0.4 is 15.4 Å². The summed E-state index contributed by atoms with van der Waals surface area (Å²) in [5.74, 6) is 0.850. The van der Waals surface area contributed by atoms with Crippen LogP contribution in [0.2, 0.25) is 0 Å². The molecule has 0 radical (unpaired) electrons. The summed E-state index contributed by atoms with van der Waals surface area (Å²) in [4.78, 5) is 2.27. The second kappa shape index (κ2) is 6.45. The van der Waals surface area contributed by atoms with Crippen LogP contribution in [-0.4, -0.2) is 20.2 Å². The topological polar surface area (TPSA) is 38.5 Å². The maximum Gasteiger partial charge on any atom is 0.125 e. The van der Waals surface area contributed by atoms with Gasteiger partial charge in [-0.25, -0.2) is 0 Å². The number of nitrogens with two attached hydrogens (primary N) is 1. The molecule has 0 amide bonds. The summed E-state index contributed by atoms with van der Waals surface area (Å²) in [5.41, 5.74) is 9.41. The van der Waals surface area contributed by atoms with Crippen molar-refractivity contribution in [1.82, 2.24) is 0 Å². The lowest BCUT2D eigenvalue weighted by Crippen LogP contribution is -2.27. The van der Waals surface area contributed by atoms with Gasteiger partial charge in [-0.3, -0.25) is 0 Å². The van der Waals surface area contributed by atoms with Crippen LogP contribution in [0.15, 0.2) is 30.4 Å². The highest BCUT2D eigenvalue weighted by Gasteiger charge is 2.17. The molecular weight excluding hydrogens is 224 g/mol. The molecule has 1 aromatic carbocycles. The van der Waals surface area contributed by atoms with E-state index in [1.54, 1.807) is 7.11 Å². The van der Waals surface area contributed by atoms with Gasteiger partial charge in [0.2, 0.25) is 0 Å². The SMILES string of the molecule is C=C(C)CN(CC)c1cccc(OC)c1C(C)N. The maximum atomic E-state index is 6.09. The molecule has 0 aliphatic rings. The highest BCUT2D eigenvalue weighted by atomic mass is 16.5. The second-order valence-corrected chi connectivity index (χ2v) is 4.65. The minimum absolute atomic E-state index is 0.0599. The molecule has 1 unspecified atom stereocenters. The fraction of sp³-hybridized carbons (Fsp3) is 0.467. The van der Waals surface area contributed by atoms with E-state index in [0.717, 1.165) is 35.7 Å². The Bertz CT molecular complexity index is 413. The molecule has 1 aromatic rings. The van der Waals surface area contributed by atoms with E-state index in [1.165, 1.54) is 0 Å². The minimum Gasteiger partial charge on any atom is -0.496 e. The van der Waals surface area contributed by atoms with E-state index in [1.807, 2.05) is 26.0 Å². The van der Waals surface area contributed by atoms with Gasteiger partial charge in [-0.1, -0.05) is 18.2 Å². The Hall–Kier alpha value is -1.48. The molecule has 0 saturated carbocycles. The summed E-state index contributed by atoms with van der Waals surface area (Å²) in [6, 6.07) is 5.99. The van der Waals surface area contributed by atoms with Gasteiger partial charge in [-0.15, -0.1) is 0 Å². The lowest BCUT2D eigenvalue weighted by Gasteiger charge is -2.28. The lowest BCUT2D eigenvalue weighted by molar-refractivity contribution is 0.407. The number of ether oxygens (including phenoxy) is 1. The van der Waals surface area contributed by atoms with Crippen LogP contribution in [0.3, 0.4) is 0 Å². The fourth-order valence-electron chi connectivity index (χ4n) is 2.14. The van der Waals surface area contributed by atoms with Gasteiger partial charge in [0, 0.05) is 30.4 Å². The standard InChI is InChI=1S/C15H24N2O/c1-6-17(10-11(2)3)13-8-7-9-14(18-5)15(13)12(4)16/h7-9,12H,2,6,10,16H2,1,3-5H3. The Labute approximate surface area is 110 Å². The largest absolute Gasteiger partial charge is 0.496 e. The van der Waals surface area contributed by atoms with Crippen molar-refractivity contribution < 1.29 is 4.74 Å². The molecule has 0 aliphatic carbocycles. The van der Waals surface area contributed by atoms with Crippen LogP contribution in [0.5, 0.6) is 5.75 Å². The van der Waals surface area contributed by atoms with Gasteiger partial charge < -0.3 is 15.4 Å². The van der Waals surface area contributed by atoms with Crippen LogP contribution in [0.4, 0.5) is 5.69 Å². The van der Waals surface area contributed by atoms with E-state index in [9.17, 15) is 0 Å². The highest BCUT2D eigenvalue weighted by Crippen LogP contribution is 2.33. The highest BCUT2D eigenvalue weighted by molar-refractivity contribution is 5.61. The number of likely N-dealkylation sites (N-methyl/N-ethyl adjacent to an activating group) is 1. The number of nitrogens with zero attached hydrogens (tertiary/aromatic N) is 1. The fourth-order valence-corrected chi connectivity index (χ4v) is 2.14. The third kappa shape index (κ3) is 3.26. The van der Waals surface area contributed by atoms with E-state index in [2.05, 4.69) is 24.5 Å². The molecule has 2 N–H and O–H groups in total. The van der Waals surface area contributed by atoms with Crippen LogP contribution in [0, 0.1) is 0 Å². The first-order valence-electron chi connectivity index (χ1n) is 6.33. The third-order valence-electron chi connectivity index (χ3n) is 2.90. The first-order valence-corrected chi connectivity index (χ1v) is 6.33. The first-order chi connectivity index (χ1) is 8.51. The number of anilines is 1. The van der Waals surface area contributed by atoms with E-state index in [0.29, 0.717) is 0 Å². The predicted octanol–water partition coefficient (Wildman–Crippen LogP) is 3.12. The molecule has 0 heterocycles. The van der Waals surface area contributed by atoms with E-state index < -0.39 is 0 Å². The maximum absolute atomic E-state index is 6.09. The van der Waals surface area contributed by atoms with Gasteiger partial charge in [0.05, 0.1) is 7.11 Å². The molecule has 0 spiro atoms. The van der Waals surface area contributed by atoms with E-state index in [-0.39, 0.29) is 6.04 Å². The van der Waals surface area contributed by atoms with Crippen molar-refractivity contribution in [3.8, 4) is 5.75 Å². The summed E-state index contributed by atoms with van der Waals surface area (Å²) in [6.45, 7) is 11.9. The minimum atomic E-state index is -0.0599. The van der Waals surface area contributed by atoms with Crippen molar-refractivity contribution in [2.75, 3.05) is 25.1 Å². The molecule has 0 fully saturated rings. The Kier molecular flexibility index (Phi) is 5.23. The summed E-state index contributed by atoms with van der Waals surface area (Å²) in [6.07, 6.45) is 0. The van der Waals surface area contributed by atoms with Crippen LogP contribution in [0.1, 0.15) is 32.4 Å². The van der Waals surface area contributed by atoms with Crippen LogP contribution in [0.25, 0.3) is 0 Å². The molecule has 1 atom stereocenters. The average molecular weight is 248 g/mol. The van der Waals surface area contributed by atoms with E-state index >= 15 is 0 Å². The van der Waals surface area contributed by atoms with Gasteiger partial charge >= 0.3 is 0 Å². The molecule has 3 nitrogen and oxygen atoms in total. The predicted molar refractivity (Wildman–Crippen MR) is 78.3 cm³/mol. The van der Waals surface area contributed by atoms with Gasteiger partial charge in [0.1, 0.15) is 5.75 Å². The molecule has 0 aromatic heterocycles.